The predicted octanol–water partition coefficient (Wildman–Crippen LogP) is 3.33. The first-order chi connectivity index (χ1) is 12.9. The van der Waals surface area contributed by atoms with E-state index >= 15 is 0 Å². The first-order valence-electron chi connectivity index (χ1n) is 11.5. The zero-order valence-electron chi connectivity index (χ0n) is 19.0. The summed E-state index contributed by atoms with van der Waals surface area (Å²) in [7, 11) is -4.31. The van der Waals surface area contributed by atoms with Crippen LogP contribution >= 0.6 is 0 Å². The van der Waals surface area contributed by atoms with Crippen molar-refractivity contribution in [3.8, 4) is 0 Å². The molecule has 0 saturated carbocycles. The Hall–Kier alpha value is 1.51. The van der Waals surface area contributed by atoms with Crippen molar-refractivity contribution in [2.45, 2.75) is 141 Å². The van der Waals surface area contributed by atoms with Gasteiger partial charge in [-0.05, 0) is 19.3 Å². The zero-order chi connectivity index (χ0) is 20.4. The molecule has 1 N–H and O–H groups in total. The van der Waals surface area contributed by atoms with Gasteiger partial charge in [-0.25, -0.2) is 8.42 Å². The fourth-order valence-electron chi connectivity index (χ4n) is 3.64. The Balaban J connectivity index is 0. The molecule has 0 heterocycles. The van der Waals surface area contributed by atoms with Crippen molar-refractivity contribution in [1.29, 1.82) is 0 Å². The molecular formula is C22H45KO4S. The molecule has 0 saturated heterocycles. The Morgan fingerprint density at radius 2 is 1.04 bits per heavy atom. The summed E-state index contributed by atoms with van der Waals surface area (Å²) in [5, 5.41) is 9.18. The minimum Gasteiger partial charge on any atom is -0.748 e. The maximum absolute atomic E-state index is 11.4. The van der Waals surface area contributed by atoms with Gasteiger partial charge < -0.3 is 9.66 Å². The van der Waals surface area contributed by atoms with Crippen molar-refractivity contribution >= 4 is 10.1 Å². The molecule has 0 aromatic carbocycles. The summed E-state index contributed by atoms with van der Waals surface area (Å²) in [4.78, 5) is 0. The SMILES string of the molecule is CCCCCCCCCCCCCCC(O)CC(CCCCC)S(=O)(=O)[O-].[K+]. The second kappa shape index (κ2) is 21.7. The van der Waals surface area contributed by atoms with Gasteiger partial charge in [-0.2, -0.15) is 0 Å². The largest absolute Gasteiger partial charge is 1.00 e. The molecule has 0 aromatic rings. The van der Waals surface area contributed by atoms with Crippen LogP contribution < -0.4 is 51.4 Å². The van der Waals surface area contributed by atoms with Gasteiger partial charge in [0.05, 0.1) is 21.5 Å². The number of hydrogen-bond acceptors (Lipinski definition) is 4. The summed E-state index contributed by atoms with van der Waals surface area (Å²) in [6.45, 7) is 4.29. The number of hydrogen-bond donors (Lipinski definition) is 1. The molecule has 0 aliphatic rings. The maximum atomic E-state index is 11.4. The van der Waals surface area contributed by atoms with E-state index in [4.69, 9.17) is 0 Å². The summed E-state index contributed by atoms with van der Waals surface area (Å²) in [6, 6.07) is 0. The van der Waals surface area contributed by atoms with E-state index in [1.165, 1.54) is 64.2 Å². The minimum absolute atomic E-state index is 0. The van der Waals surface area contributed by atoms with Crippen LogP contribution in [-0.4, -0.2) is 29.4 Å². The van der Waals surface area contributed by atoms with E-state index in [0.717, 1.165) is 32.1 Å². The molecule has 0 aliphatic carbocycles. The Kier molecular flexibility index (Phi) is 24.6. The van der Waals surface area contributed by atoms with Gasteiger partial charge in [0.2, 0.25) is 0 Å². The maximum Gasteiger partial charge on any atom is 1.00 e. The third-order valence-corrected chi connectivity index (χ3v) is 6.71. The van der Waals surface area contributed by atoms with Crippen molar-refractivity contribution in [2.75, 3.05) is 0 Å². The van der Waals surface area contributed by atoms with Crippen molar-refractivity contribution in [1.82, 2.24) is 0 Å². The standard InChI is InChI=1S/C22H46O4S.K/c1-3-5-7-8-9-10-11-12-13-14-15-17-18-21(23)20-22(27(24,25)26)19-16-6-4-2;/h21-23H,3-20H2,1-2H3,(H,24,25,26);/q;+1/p-1. The Morgan fingerprint density at radius 1 is 0.679 bits per heavy atom. The number of aliphatic hydroxyl groups excluding tert-OH is 1. The van der Waals surface area contributed by atoms with Crippen LogP contribution in [0.1, 0.15) is 129 Å². The predicted molar refractivity (Wildman–Crippen MR) is 114 cm³/mol. The van der Waals surface area contributed by atoms with Gasteiger partial charge in [-0.1, -0.05) is 110 Å². The zero-order valence-corrected chi connectivity index (χ0v) is 22.9. The molecule has 0 rings (SSSR count). The fourth-order valence-corrected chi connectivity index (χ4v) is 4.56. The summed E-state index contributed by atoms with van der Waals surface area (Å²) in [6.07, 6.45) is 18.3. The molecule has 0 radical (unpaired) electrons. The average molecular weight is 445 g/mol. The molecular weight excluding hydrogens is 399 g/mol. The smallest absolute Gasteiger partial charge is 0.748 e. The van der Waals surface area contributed by atoms with Crippen LogP contribution in [0.4, 0.5) is 0 Å². The van der Waals surface area contributed by atoms with Crippen LogP contribution in [0.25, 0.3) is 0 Å². The second-order valence-corrected chi connectivity index (χ2v) is 9.83. The van der Waals surface area contributed by atoms with Crippen LogP contribution in [-0.2, 0) is 10.1 Å². The summed E-state index contributed by atoms with van der Waals surface area (Å²) < 4.78 is 34.1. The normalized spacial score (nSPS) is 13.9. The van der Waals surface area contributed by atoms with E-state index in [1.807, 2.05) is 6.92 Å². The Labute approximate surface area is 218 Å². The van der Waals surface area contributed by atoms with E-state index < -0.39 is 21.5 Å². The topological polar surface area (TPSA) is 77.4 Å². The summed E-state index contributed by atoms with van der Waals surface area (Å²) in [5.41, 5.74) is 0. The fraction of sp³-hybridized carbons (Fsp3) is 1.00. The molecule has 6 heteroatoms. The van der Waals surface area contributed by atoms with Crippen molar-refractivity contribution in [2.24, 2.45) is 0 Å². The third kappa shape index (κ3) is 20.8. The minimum atomic E-state index is -4.31. The van der Waals surface area contributed by atoms with Crippen molar-refractivity contribution in [3.05, 3.63) is 0 Å². The van der Waals surface area contributed by atoms with Crippen LogP contribution in [0.2, 0.25) is 0 Å². The monoisotopic (exact) mass is 444 g/mol. The van der Waals surface area contributed by atoms with Crippen molar-refractivity contribution in [3.63, 3.8) is 0 Å². The van der Waals surface area contributed by atoms with Gasteiger partial charge in [0.1, 0.15) is 0 Å². The van der Waals surface area contributed by atoms with Gasteiger partial charge >= 0.3 is 51.4 Å². The van der Waals surface area contributed by atoms with E-state index in [0.29, 0.717) is 12.8 Å². The summed E-state index contributed by atoms with van der Waals surface area (Å²) >= 11 is 0. The molecule has 2 atom stereocenters. The van der Waals surface area contributed by atoms with Gasteiger partial charge in [0.15, 0.2) is 0 Å². The first-order valence-corrected chi connectivity index (χ1v) is 13.0. The Bertz CT molecular complexity index is 415. The number of rotatable bonds is 20. The molecule has 2 unspecified atom stereocenters. The molecule has 0 aliphatic heterocycles. The van der Waals surface area contributed by atoms with Gasteiger partial charge in [-0.15, -0.1) is 0 Å². The Morgan fingerprint density at radius 3 is 1.46 bits per heavy atom. The summed E-state index contributed by atoms with van der Waals surface area (Å²) in [5.74, 6) is 0. The molecule has 28 heavy (non-hydrogen) atoms. The molecule has 0 aromatic heterocycles. The van der Waals surface area contributed by atoms with Crippen LogP contribution in [0.15, 0.2) is 0 Å². The molecule has 0 amide bonds. The molecule has 0 bridgehead atoms. The van der Waals surface area contributed by atoms with E-state index in [-0.39, 0.29) is 57.8 Å². The second-order valence-electron chi connectivity index (χ2n) is 8.18. The van der Waals surface area contributed by atoms with Gasteiger partial charge in [-0.3, -0.25) is 0 Å². The van der Waals surface area contributed by atoms with Gasteiger partial charge in [0, 0.05) is 0 Å². The average Bonchev–Trinajstić information content (AvgIpc) is 2.61. The van der Waals surface area contributed by atoms with E-state index in [1.54, 1.807) is 0 Å². The van der Waals surface area contributed by atoms with Crippen molar-refractivity contribution < 1.29 is 69.5 Å². The number of unbranched alkanes of at least 4 members (excludes halogenated alkanes) is 13. The van der Waals surface area contributed by atoms with Crippen LogP contribution in [0, 0.1) is 0 Å². The van der Waals surface area contributed by atoms with E-state index in [2.05, 4.69) is 6.92 Å². The molecule has 4 nitrogen and oxygen atoms in total. The first kappa shape index (κ1) is 31.7. The third-order valence-electron chi connectivity index (χ3n) is 5.46. The van der Waals surface area contributed by atoms with Gasteiger partial charge in [0.25, 0.3) is 0 Å². The van der Waals surface area contributed by atoms with Crippen LogP contribution in [0.3, 0.4) is 0 Å². The molecule has 0 spiro atoms. The number of aliphatic hydroxyl groups is 1. The quantitative estimate of drug-likeness (QED) is 0.177. The molecule has 0 fully saturated rings. The van der Waals surface area contributed by atoms with E-state index in [9.17, 15) is 18.1 Å². The molecule has 164 valence electrons. The van der Waals surface area contributed by atoms with Crippen LogP contribution in [0.5, 0.6) is 0 Å².